The zero-order valence-corrected chi connectivity index (χ0v) is 11.0. The van der Waals surface area contributed by atoms with E-state index < -0.39 is 0 Å². The molecular formula is C15H22FN. The highest BCUT2D eigenvalue weighted by molar-refractivity contribution is 5.64. The predicted octanol–water partition coefficient (Wildman–Crippen LogP) is 3.93. The third-order valence-corrected chi connectivity index (χ3v) is 2.75. The van der Waals surface area contributed by atoms with E-state index in [1.807, 2.05) is 19.9 Å². The summed E-state index contributed by atoms with van der Waals surface area (Å²) in [6.45, 7) is 8.11. The van der Waals surface area contributed by atoms with Crippen LogP contribution in [0.1, 0.15) is 37.8 Å². The Morgan fingerprint density at radius 1 is 1.35 bits per heavy atom. The highest BCUT2D eigenvalue weighted by atomic mass is 19.1. The highest BCUT2D eigenvalue weighted by Gasteiger charge is 2.03. The van der Waals surface area contributed by atoms with Gasteiger partial charge in [-0.25, -0.2) is 4.39 Å². The van der Waals surface area contributed by atoms with Gasteiger partial charge in [-0.3, -0.25) is 0 Å². The Labute approximate surface area is 104 Å². The van der Waals surface area contributed by atoms with E-state index >= 15 is 0 Å². The summed E-state index contributed by atoms with van der Waals surface area (Å²) in [5.41, 5.74) is 2.84. The molecule has 0 aliphatic heterocycles. The highest BCUT2D eigenvalue weighted by Crippen LogP contribution is 2.19. The number of hydrogen-bond donors (Lipinski definition) is 1. The number of aryl methyl sites for hydroxylation is 1. The molecule has 0 aromatic heterocycles. The molecule has 0 fully saturated rings. The second-order valence-corrected chi connectivity index (χ2v) is 4.41. The monoisotopic (exact) mass is 235 g/mol. The third kappa shape index (κ3) is 4.70. The molecule has 0 unspecified atom stereocenters. The summed E-state index contributed by atoms with van der Waals surface area (Å²) in [6, 6.07) is 5.24. The van der Waals surface area contributed by atoms with Gasteiger partial charge in [-0.15, -0.1) is 0 Å². The molecule has 0 heterocycles. The summed E-state index contributed by atoms with van der Waals surface area (Å²) < 4.78 is 13.6. The van der Waals surface area contributed by atoms with Crippen molar-refractivity contribution in [2.75, 3.05) is 13.1 Å². The standard InChI is InChI=1S/C15H22FN/c1-4-9-17-10-5-6-13(3)14-11-12(2)7-8-15(14)16/h6-8,11,17H,4-5,9-10H2,1-3H3. The van der Waals surface area contributed by atoms with Gasteiger partial charge in [0.15, 0.2) is 0 Å². The Kier molecular flexibility index (Phi) is 5.92. The topological polar surface area (TPSA) is 12.0 Å². The van der Waals surface area contributed by atoms with Gasteiger partial charge in [0, 0.05) is 5.56 Å². The molecule has 1 N–H and O–H groups in total. The molecule has 0 saturated heterocycles. The lowest BCUT2D eigenvalue weighted by Crippen LogP contribution is -2.15. The maximum atomic E-state index is 13.6. The van der Waals surface area contributed by atoms with Crippen LogP contribution in [-0.4, -0.2) is 13.1 Å². The van der Waals surface area contributed by atoms with Gasteiger partial charge in [-0.1, -0.05) is 24.6 Å². The average molecular weight is 235 g/mol. The number of benzene rings is 1. The minimum atomic E-state index is -0.133. The summed E-state index contributed by atoms with van der Waals surface area (Å²) in [4.78, 5) is 0. The van der Waals surface area contributed by atoms with E-state index in [1.165, 1.54) is 6.07 Å². The number of halogens is 1. The molecule has 94 valence electrons. The molecule has 0 amide bonds. The molecule has 1 aromatic carbocycles. The maximum absolute atomic E-state index is 13.6. The van der Waals surface area contributed by atoms with Crippen LogP contribution in [0.4, 0.5) is 4.39 Å². The molecule has 0 spiro atoms. The molecule has 0 atom stereocenters. The predicted molar refractivity (Wildman–Crippen MR) is 72.6 cm³/mol. The summed E-state index contributed by atoms with van der Waals surface area (Å²) >= 11 is 0. The second kappa shape index (κ2) is 7.23. The van der Waals surface area contributed by atoms with Crippen molar-refractivity contribution < 1.29 is 4.39 Å². The van der Waals surface area contributed by atoms with Crippen LogP contribution in [0.3, 0.4) is 0 Å². The van der Waals surface area contributed by atoms with Crippen LogP contribution in [0.2, 0.25) is 0 Å². The van der Waals surface area contributed by atoms with Crippen molar-refractivity contribution in [1.82, 2.24) is 5.32 Å². The molecule has 0 aliphatic carbocycles. The van der Waals surface area contributed by atoms with Crippen molar-refractivity contribution in [2.45, 2.75) is 33.6 Å². The van der Waals surface area contributed by atoms with Crippen LogP contribution in [0.15, 0.2) is 24.3 Å². The zero-order chi connectivity index (χ0) is 12.7. The SMILES string of the molecule is CCCNCCC=C(C)c1cc(C)ccc1F. The first-order valence-electron chi connectivity index (χ1n) is 6.29. The van der Waals surface area contributed by atoms with Crippen molar-refractivity contribution in [3.8, 4) is 0 Å². The van der Waals surface area contributed by atoms with Gasteiger partial charge in [0.25, 0.3) is 0 Å². The number of hydrogen-bond acceptors (Lipinski definition) is 1. The van der Waals surface area contributed by atoms with Crippen LogP contribution in [0, 0.1) is 12.7 Å². The molecule has 1 aromatic rings. The Bertz CT molecular complexity index is 383. The van der Waals surface area contributed by atoms with Crippen molar-refractivity contribution >= 4 is 5.57 Å². The molecule has 1 nitrogen and oxygen atoms in total. The normalized spacial score (nSPS) is 11.9. The van der Waals surface area contributed by atoms with Gasteiger partial charge in [0.05, 0.1) is 0 Å². The van der Waals surface area contributed by atoms with Gasteiger partial charge in [-0.2, -0.15) is 0 Å². The van der Waals surface area contributed by atoms with E-state index in [1.54, 1.807) is 6.07 Å². The Balaban J connectivity index is 2.58. The largest absolute Gasteiger partial charge is 0.316 e. The molecule has 1 rings (SSSR count). The number of allylic oxidation sites excluding steroid dienone is 1. The molecular weight excluding hydrogens is 213 g/mol. The first kappa shape index (κ1) is 13.9. The van der Waals surface area contributed by atoms with E-state index in [-0.39, 0.29) is 5.82 Å². The van der Waals surface area contributed by atoms with Crippen molar-refractivity contribution in [3.05, 3.63) is 41.2 Å². The molecule has 0 aliphatic rings. The van der Waals surface area contributed by atoms with Gasteiger partial charge >= 0.3 is 0 Å². The smallest absolute Gasteiger partial charge is 0.130 e. The van der Waals surface area contributed by atoms with Gasteiger partial charge in [0.1, 0.15) is 5.82 Å². The summed E-state index contributed by atoms with van der Waals surface area (Å²) in [7, 11) is 0. The number of nitrogens with one attached hydrogen (secondary N) is 1. The Morgan fingerprint density at radius 3 is 2.82 bits per heavy atom. The van der Waals surface area contributed by atoms with Gasteiger partial charge < -0.3 is 5.32 Å². The van der Waals surface area contributed by atoms with Crippen LogP contribution >= 0.6 is 0 Å². The third-order valence-electron chi connectivity index (χ3n) is 2.75. The Morgan fingerprint density at radius 2 is 2.12 bits per heavy atom. The maximum Gasteiger partial charge on any atom is 0.130 e. The van der Waals surface area contributed by atoms with E-state index in [2.05, 4.69) is 18.3 Å². The van der Waals surface area contributed by atoms with Crippen molar-refractivity contribution in [2.24, 2.45) is 0 Å². The summed E-state index contributed by atoms with van der Waals surface area (Å²) in [6.07, 6.45) is 4.19. The number of rotatable bonds is 6. The first-order valence-corrected chi connectivity index (χ1v) is 6.29. The molecule has 17 heavy (non-hydrogen) atoms. The van der Waals surface area contributed by atoms with E-state index in [0.717, 1.165) is 42.6 Å². The van der Waals surface area contributed by atoms with Crippen LogP contribution in [0.25, 0.3) is 5.57 Å². The fraction of sp³-hybridized carbons (Fsp3) is 0.467. The Hall–Kier alpha value is -1.15. The van der Waals surface area contributed by atoms with Crippen molar-refractivity contribution in [3.63, 3.8) is 0 Å². The summed E-state index contributed by atoms with van der Waals surface area (Å²) in [5.74, 6) is -0.133. The quantitative estimate of drug-likeness (QED) is 0.737. The van der Waals surface area contributed by atoms with E-state index in [0.29, 0.717) is 0 Å². The minimum absolute atomic E-state index is 0.133. The molecule has 2 heteroatoms. The molecule has 0 bridgehead atoms. The van der Waals surface area contributed by atoms with E-state index in [4.69, 9.17) is 0 Å². The average Bonchev–Trinajstić information content (AvgIpc) is 2.32. The minimum Gasteiger partial charge on any atom is -0.316 e. The first-order chi connectivity index (χ1) is 8.15. The lowest BCUT2D eigenvalue weighted by molar-refractivity contribution is 0.623. The second-order valence-electron chi connectivity index (χ2n) is 4.41. The fourth-order valence-electron chi connectivity index (χ4n) is 1.74. The van der Waals surface area contributed by atoms with Crippen LogP contribution in [-0.2, 0) is 0 Å². The van der Waals surface area contributed by atoms with Crippen LogP contribution in [0.5, 0.6) is 0 Å². The van der Waals surface area contributed by atoms with Gasteiger partial charge in [-0.05, 0) is 57.5 Å². The van der Waals surface area contributed by atoms with E-state index in [9.17, 15) is 4.39 Å². The van der Waals surface area contributed by atoms with Crippen molar-refractivity contribution in [1.29, 1.82) is 0 Å². The van der Waals surface area contributed by atoms with Crippen LogP contribution < -0.4 is 5.32 Å². The van der Waals surface area contributed by atoms with Gasteiger partial charge in [0.2, 0.25) is 0 Å². The summed E-state index contributed by atoms with van der Waals surface area (Å²) in [5, 5.41) is 3.33. The fourth-order valence-corrected chi connectivity index (χ4v) is 1.74. The lowest BCUT2D eigenvalue weighted by atomic mass is 10.0. The molecule has 0 radical (unpaired) electrons. The molecule has 0 saturated carbocycles. The zero-order valence-electron chi connectivity index (χ0n) is 11.0. The lowest BCUT2D eigenvalue weighted by Gasteiger charge is -2.05.